The van der Waals surface area contributed by atoms with Gasteiger partial charge in [-0.25, -0.2) is 4.39 Å². The quantitative estimate of drug-likeness (QED) is 0.400. The maximum absolute atomic E-state index is 13.5. The number of halogens is 1. The standard InChI is InChI=1S/C24H27FNO5P/c1-15(2)22-13-21(17-7-9-18(25)10-8-17)20(24(26-22)16(3)4)6-5-11-31-32(30)14-19(27)12-23(28)29/h7-10,13,15-16,19,27H,11-12,14H2,1-4H3/p+1. The molecule has 0 saturated heterocycles. The number of hydrogen-bond donors (Lipinski definition) is 2. The summed E-state index contributed by atoms with van der Waals surface area (Å²) >= 11 is 0. The van der Waals surface area contributed by atoms with Crippen LogP contribution < -0.4 is 0 Å². The molecule has 1 heterocycles. The Labute approximate surface area is 188 Å². The molecule has 0 spiro atoms. The summed E-state index contributed by atoms with van der Waals surface area (Å²) in [6, 6.07) is 8.14. The number of aromatic nitrogens is 1. The Morgan fingerprint density at radius 2 is 1.84 bits per heavy atom. The maximum Gasteiger partial charge on any atom is 0.511 e. The van der Waals surface area contributed by atoms with Gasteiger partial charge in [0.1, 0.15) is 11.9 Å². The van der Waals surface area contributed by atoms with Gasteiger partial charge in [0.25, 0.3) is 0 Å². The molecule has 32 heavy (non-hydrogen) atoms. The second-order valence-corrected chi connectivity index (χ2v) is 9.30. The van der Waals surface area contributed by atoms with Crippen LogP contribution >= 0.6 is 8.03 Å². The summed E-state index contributed by atoms with van der Waals surface area (Å²) in [5.41, 5.74) is 4.06. The van der Waals surface area contributed by atoms with Gasteiger partial charge in [0, 0.05) is 11.3 Å². The Bertz CT molecular complexity index is 1030. The van der Waals surface area contributed by atoms with Crippen molar-refractivity contribution in [3.05, 3.63) is 53.1 Å². The van der Waals surface area contributed by atoms with Crippen LogP contribution in [0.4, 0.5) is 4.39 Å². The summed E-state index contributed by atoms with van der Waals surface area (Å²) in [6.45, 7) is 7.98. The van der Waals surface area contributed by atoms with Gasteiger partial charge in [0.15, 0.2) is 6.61 Å². The van der Waals surface area contributed by atoms with Crippen LogP contribution in [-0.4, -0.2) is 40.0 Å². The Morgan fingerprint density at radius 1 is 1.19 bits per heavy atom. The smallest absolute Gasteiger partial charge is 0.481 e. The average molecular weight is 460 g/mol. The van der Waals surface area contributed by atoms with Gasteiger partial charge in [0.05, 0.1) is 17.7 Å². The molecule has 0 bridgehead atoms. The van der Waals surface area contributed by atoms with Crippen LogP contribution in [0.25, 0.3) is 11.1 Å². The summed E-state index contributed by atoms with van der Waals surface area (Å²) in [7, 11) is -2.24. The fraction of sp³-hybridized carbons (Fsp3) is 0.417. The van der Waals surface area contributed by atoms with E-state index in [4.69, 9.17) is 14.6 Å². The molecule has 0 saturated carbocycles. The van der Waals surface area contributed by atoms with Crippen LogP contribution in [-0.2, 0) is 13.9 Å². The third kappa shape index (κ3) is 7.49. The number of aliphatic carboxylic acids is 1. The van der Waals surface area contributed by atoms with Crippen molar-refractivity contribution in [2.24, 2.45) is 0 Å². The maximum atomic E-state index is 13.5. The summed E-state index contributed by atoms with van der Waals surface area (Å²) in [5.74, 6) is 4.69. The lowest BCUT2D eigenvalue weighted by Gasteiger charge is -2.17. The number of pyridine rings is 1. The highest BCUT2D eigenvalue weighted by Gasteiger charge is 2.25. The number of carboxylic acid groups (broad SMARTS) is 1. The van der Waals surface area contributed by atoms with Gasteiger partial charge in [-0.2, -0.15) is 0 Å². The highest BCUT2D eigenvalue weighted by Crippen LogP contribution is 2.32. The fourth-order valence-electron chi connectivity index (χ4n) is 3.01. The van der Waals surface area contributed by atoms with Crippen molar-refractivity contribution in [1.82, 2.24) is 4.98 Å². The minimum Gasteiger partial charge on any atom is -0.481 e. The lowest BCUT2D eigenvalue weighted by atomic mass is 9.92. The highest BCUT2D eigenvalue weighted by atomic mass is 31.1. The Morgan fingerprint density at radius 3 is 2.41 bits per heavy atom. The van der Waals surface area contributed by atoms with E-state index in [2.05, 4.69) is 25.7 Å². The predicted octanol–water partition coefficient (Wildman–Crippen LogP) is 5.08. The zero-order valence-corrected chi connectivity index (χ0v) is 19.5. The monoisotopic (exact) mass is 460 g/mol. The lowest BCUT2D eigenvalue weighted by Crippen LogP contribution is -2.15. The normalized spacial score (nSPS) is 12.4. The lowest BCUT2D eigenvalue weighted by molar-refractivity contribution is -0.138. The SMILES string of the molecule is CC(C)c1cc(-c2ccc(F)cc2)c(C#CCO[P+](=O)CC(O)CC(=O)O)c(C(C)C)n1. The van der Waals surface area contributed by atoms with Crippen molar-refractivity contribution in [3.8, 4) is 23.0 Å². The van der Waals surface area contributed by atoms with Gasteiger partial charge in [0.2, 0.25) is 6.16 Å². The summed E-state index contributed by atoms with van der Waals surface area (Å²) in [5, 5.41) is 18.2. The molecule has 1 aromatic heterocycles. The number of benzene rings is 1. The molecule has 0 aliphatic carbocycles. The Balaban J connectivity index is 2.33. The van der Waals surface area contributed by atoms with Gasteiger partial charge in [-0.1, -0.05) is 51.7 Å². The zero-order valence-electron chi connectivity index (χ0n) is 18.6. The molecule has 0 amide bonds. The molecule has 170 valence electrons. The van der Waals surface area contributed by atoms with E-state index < -0.39 is 26.5 Å². The molecule has 6 nitrogen and oxygen atoms in total. The molecule has 2 rings (SSSR count). The first-order valence-electron chi connectivity index (χ1n) is 10.4. The van der Waals surface area contributed by atoms with E-state index in [1.165, 1.54) is 12.1 Å². The van der Waals surface area contributed by atoms with Crippen molar-refractivity contribution in [2.45, 2.75) is 52.1 Å². The first-order valence-corrected chi connectivity index (χ1v) is 11.7. The van der Waals surface area contributed by atoms with Crippen LogP contribution in [0.15, 0.2) is 30.3 Å². The van der Waals surface area contributed by atoms with E-state index in [0.29, 0.717) is 5.56 Å². The number of hydrogen-bond acceptors (Lipinski definition) is 5. The van der Waals surface area contributed by atoms with Gasteiger partial charge in [-0.15, -0.1) is 4.52 Å². The van der Waals surface area contributed by atoms with Crippen molar-refractivity contribution >= 4 is 14.0 Å². The Hall–Kier alpha value is -2.65. The largest absolute Gasteiger partial charge is 0.511 e. The second-order valence-electron chi connectivity index (χ2n) is 8.01. The molecular weight excluding hydrogens is 432 g/mol. The molecule has 2 aromatic rings. The minimum atomic E-state index is -2.24. The first-order chi connectivity index (χ1) is 15.1. The average Bonchev–Trinajstić information content (AvgIpc) is 2.70. The van der Waals surface area contributed by atoms with Crippen molar-refractivity contribution in [1.29, 1.82) is 0 Å². The number of nitrogens with zero attached hydrogens (tertiary/aromatic N) is 1. The summed E-state index contributed by atoms with van der Waals surface area (Å²) in [4.78, 5) is 15.4. The van der Waals surface area contributed by atoms with Gasteiger partial charge in [-0.05, 0) is 40.2 Å². The third-order valence-electron chi connectivity index (χ3n) is 4.63. The first kappa shape index (κ1) is 25.6. The minimum absolute atomic E-state index is 0.0842. The van der Waals surface area contributed by atoms with Crippen LogP contribution in [0, 0.1) is 17.7 Å². The second kappa shape index (κ2) is 11.8. The molecule has 0 fully saturated rings. The predicted molar refractivity (Wildman–Crippen MR) is 121 cm³/mol. The number of carboxylic acids is 1. The number of aliphatic hydroxyl groups excluding tert-OH is 1. The molecule has 8 heteroatoms. The fourth-order valence-corrected chi connectivity index (χ4v) is 3.79. The van der Waals surface area contributed by atoms with E-state index >= 15 is 0 Å². The highest BCUT2D eigenvalue weighted by molar-refractivity contribution is 7.39. The van der Waals surface area contributed by atoms with E-state index in [1.54, 1.807) is 12.1 Å². The molecule has 0 aliphatic heterocycles. The van der Waals surface area contributed by atoms with E-state index in [0.717, 1.165) is 22.5 Å². The number of aliphatic hydroxyl groups is 1. The van der Waals surface area contributed by atoms with Crippen LogP contribution in [0.1, 0.15) is 62.9 Å². The van der Waals surface area contributed by atoms with Crippen LogP contribution in [0.2, 0.25) is 0 Å². The van der Waals surface area contributed by atoms with Crippen LogP contribution in [0.5, 0.6) is 0 Å². The summed E-state index contributed by atoms with van der Waals surface area (Å²) < 4.78 is 30.5. The topological polar surface area (TPSA) is 96.7 Å². The van der Waals surface area contributed by atoms with Crippen LogP contribution in [0.3, 0.4) is 0 Å². The van der Waals surface area contributed by atoms with E-state index in [-0.39, 0.29) is 30.4 Å². The van der Waals surface area contributed by atoms with Gasteiger partial charge < -0.3 is 10.2 Å². The van der Waals surface area contributed by atoms with Crippen molar-refractivity contribution in [2.75, 3.05) is 12.8 Å². The Kier molecular flexibility index (Phi) is 9.46. The van der Waals surface area contributed by atoms with Gasteiger partial charge >= 0.3 is 14.0 Å². The molecular formula is C24H28FNO5P+. The molecule has 2 N–H and O–H groups in total. The number of rotatable bonds is 9. The van der Waals surface area contributed by atoms with E-state index in [9.17, 15) is 18.9 Å². The van der Waals surface area contributed by atoms with Gasteiger partial charge in [-0.3, -0.25) is 9.78 Å². The number of carbonyl (C=O) groups is 1. The molecule has 0 radical (unpaired) electrons. The summed E-state index contributed by atoms with van der Waals surface area (Å²) in [6.07, 6.45) is -2.01. The molecule has 1 aromatic carbocycles. The molecule has 2 atom stereocenters. The van der Waals surface area contributed by atoms with Crippen molar-refractivity contribution < 1.29 is 28.5 Å². The van der Waals surface area contributed by atoms with Crippen molar-refractivity contribution in [3.63, 3.8) is 0 Å². The third-order valence-corrected chi connectivity index (χ3v) is 5.76. The zero-order chi connectivity index (χ0) is 23.8. The molecule has 2 unspecified atom stereocenters. The molecule has 0 aliphatic rings. The van der Waals surface area contributed by atoms with E-state index in [1.807, 2.05) is 19.9 Å².